The van der Waals surface area contributed by atoms with Gasteiger partial charge in [0.2, 0.25) is 0 Å². The lowest BCUT2D eigenvalue weighted by atomic mass is 9.96. The fourth-order valence-corrected chi connectivity index (χ4v) is 3.08. The molecule has 3 rings (SSSR count). The van der Waals surface area contributed by atoms with Gasteiger partial charge in [-0.05, 0) is 31.9 Å². The SMILES string of the molecule is CCNC(=NCc1nncn1-c1ccccc1)NC1CCCCC1.I. The van der Waals surface area contributed by atoms with Gasteiger partial charge in [-0.25, -0.2) is 4.99 Å². The first-order chi connectivity index (χ1) is 11.9. The minimum absolute atomic E-state index is 0. The van der Waals surface area contributed by atoms with Crippen molar-refractivity contribution in [2.45, 2.75) is 51.6 Å². The number of aliphatic imine (C=N–C) groups is 1. The molecule has 1 aromatic heterocycles. The summed E-state index contributed by atoms with van der Waals surface area (Å²) in [7, 11) is 0. The highest BCUT2D eigenvalue weighted by Gasteiger charge is 2.14. The van der Waals surface area contributed by atoms with Gasteiger partial charge in [-0.15, -0.1) is 34.2 Å². The molecule has 25 heavy (non-hydrogen) atoms. The standard InChI is InChI=1S/C18H26N6.HI/c1-2-19-18(22-15-9-5-3-6-10-15)20-13-17-23-21-14-24(17)16-11-7-4-8-12-16;/h4,7-8,11-12,14-15H,2-3,5-6,9-10,13H2,1H3,(H2,19,20,22);1H. The topological polar surface area (TPSA) is 67.1 Å². The van der Waals surface area contributed by atoms with E-state index < -0.39 is 0 Å². The predicted molar refractivity (Wildman–Crippen MR) is 112 cm³/mol. The van der Waals surface area contributed by atoms with E-state index in [0.29, 0.717) is 12.6 Å². The molecule has 6 nitrogen and oxygen atoms in total. The van der Waals surface area contributed by atoms with Crippen LogP contribution in [0.1, 0.15) is 44.9 Å². The van der Waals surface area contributed by atoms with Gasteiger partial charge in [0.15, 0.2) is 11.8 Å². The first-order valence-corrected chi connectivity index (χ1v) is 8.86. The van der Waals surface area contributed by atoms with E-state index >= 15 is 0 Å². The Labute approximate surface area is 166 Å². The molecule has 136 valence electrons. The number of guanidine groups is 1. The molecule has 2 N–H and O–H groups in total. The van der Waals surface area contributed by atoms with E-state index in [1.165, 1.54) is 32.1 Å². The van der Waals surface area contributed by atoms with Crippen LogP contribution in [-0.2, 0) is 6.54 Å². The van der Waals surface area contributed by atoms with E-state index in [1.54, 1.807) is 6.33 Å². The highest BCUT2D eigenvalue weighted by molar-refractivity contribution is 14.0. The molecule has 0 bridgehead atoms. The summed E-state index contributed by atoms with van der Waals surface area (Å²) in [4.78, 5) is 4.71. The van der Waals surface area contributed by atoms with Crippen LogP contribution < -0.4 is 10.6 Å². The van der Waals surface area contributed by atoms with Crippen molar-refractivity contribution in [3.63, 3.8) is 0 Å². The van der Waals surface area contributed by atoms with E-state index in [0.717, 1.165) is 24.0 Å². The number of para-hydroxylation sites is 1. The van der Waals surface area contributed by atoms with Crippen LogP contribution in [0.5, 0.6) is 0 Å². The first kappa shape index (κ1) is 19.7. The molecule has 1 aliphatic carbocycles. The van der Waals surface area contributed by atoms with Crippen molar-refractivity contribution in [2.75, 3.05) is 6.54 Å². The molecule has 1 saturated carbocycles. The molecule has 0 saturated heterocycles. The summed E-state index contributed by atoms with van der Waals surface area (Å²) in [6.07, 6.45) is 8.15. The number of hydrogen-bond acceptors (Lipinski definition) is 3. The number of halogens is 1. The largest absolute Gasteiger partial charge is 0.357 e. The molecule has 2 aromatic rings. The van der Waals surface area contributed by atoms with Crippen LogP contribution in [0.4, 0.5) is 0 Å². The molecule has 1 aliphatic rings. The van der Waals surface area contributed by atoms with Crippen LogP contribution in [0.2, 0.25) is 0 Å². The van der Waals surface area contributed by atoms with Crippen molar-refractivity contribution in [1.29, 1.82) is 0 Å². The number of rotatable bonds is 5. The lowest BCUT2D eigenvalue weighted by Crippen LogP contribution is -2.44. The van der Waals surface area contributed by atoms with Crippen molar-refractivity contribution in [3.8, 4) is 5.69 Å². The Hall–Kier alpha value is -1.64. The maximum absolute atomic E-state index is 4.71. The van der Waals surface area contributed by atoms with Crippen LogP contribution in [-0.4, -0.2) is 33.3 Å². The van der Waals surface area contributed by atoms with Crippen molar-refractivity contribution in [3.05, 3.63) is 42.5 Å². The summed E-state index contributed by atoms with van der Waals surface area (Å²) in [5.74, 6) is 1.70. The third-order valence-electron chi connectivity index (χ3n) is 4.32. The second kappa shape index (κ2) is 10.4. The van der Waals surface area contributed by atoms with Crippen molar-refractivity contribution >= 4 is 29.9 Å². The number of benzene rings is 1. The Bertz CT molecular complexity index is 649. The zero-order chi connectivity index (χ0) is 16.6. The maximum atomic E-state index is 4.71. The van der Waals surface area contributed by atoms with Crippen LogP contribution in [0, 0.1) is 0 Å². The number of hydrogen-bond donors (Lipinski definition) is 2. The molecule has 0 unspecified atom stereocenters. The number of aromatic nitrogens is 3. The zero-order valence-corrected chi connectivity index (χ0v) is 17.0. The summed E-state index contributed by atoms with van der Waals surface area (Å²) in [5.41, 5.74) is 1.05. The molecule has 0 amide bonds. The second-order valence-electron chi connectivity index (χ2n) is 6.13. The second-order valence-corrected chi connectivity index (χ2v) is 6.13. The molecule has 7 heteroatoms. The van der Waals surface area contributed by atoms with E-state index in [1.807, 2.05) is 34.9 Å². The Balaban J connectivity index is 0.00000225. The van der Waals surface area contributed by atoms with Crippen molar-refractivity contribution in [2.24, 2.45) is 4.99 Å². The fourth-order valence-electron chi connectivity index (χ4n) is 3.08. The zero-order valence-electron chi connectivity index (χ0n) is 14.7. The molecule has 1 heterocycles. The quantitative estimate of drug-likeness (QED) is 0.414. The van der Waals surface area contributed by atoms with Gasteiger partial charge in [0.25, 0.3) is 0 Å². The first-order valence-electron chi connectivity index (χ1n) is 8.86. The van der Waals surface area contributed by atoms with E-state index in [-0.39, 0.29) is 24.0 Å². The highest BCUT2D eigenvalue weighted by Crippen LogP contribution is 2.17. The lowest BCUT2D eigenvalue weighted by molar-refractivity contribution is 0.410. The fraction of sp³-hybridized carbons (Fsp3) is 0.500. The number of nitrogens with one attached hydrogen (secondary N) is 2. The third-order valence-corrected chi connectivity index (χ3v) is 4.32. The summed E-state index contributed by atoms with van der Waals surface area (Å²) < 4.78 is 1.98. The summed E-state index contributed by atoms with van der Waals surface area (Å²) in [6, 6.07) is 10.6. The average Bonchev–Trinajstić information content (AvgIpc) is 3.10. The predicted octanol–water partition coefficient (Wildman–Crippen LogP) is 3.27. The smallest absolute Gasteiger partial charge is 0.191 e. The third kappa shape index (κ3) is 5.69. The molecular formula is C18H27IN6. The normalized spacial score (nSPS) is 15.5. The Morgan fingerprint density at radius 2 is 1.96 bits per heavy atom. The Kier molecular flexibility index (Phi) is 8.17. The molecule has 0 aliphatic heterocycles. The molecule has 0 radical (unpaired) electrons. The van der Waals surface area contributed by atoms with Gasteiger partial charge in [0, 0.05) is 18.3 Å². The molecule has 1 aromatic carbocycles. The van der Waals surface area contributed by atoms with Gasteiger partial charge in [-0.3, -0.25) is 4.57 Å². The summed E-state index contributed by atoms with van der Waals surface area (Å²) in [6.45, 7) is 3.44. The van der Waals surface area contributed by atoms with E-state index in [4.69, 9.17) is 4.99 Å². The molecule has 0 spiro atoms. The minimum atomic E-state index is 0. The van der Waals surface area contributed by atoms with Crippen LogP contribution in [0.15, 0.2) is 41.7 Å². The Morgan fingerprint density at radius 1 is 1.20 bits per heavy atom. The molecular weight excluding hydrogens is 427 g/mol. The van der Waals surface area contributed by atoms with Crippen molar-refractivity contribution < 1.29 is 0 Å². The summed E-state index contributed by atoms with van der Waals surface area (Å²) >= 11 is 0. The monoisotopic (exact) mass is 454 g/mol. The van der Waals surface area contributed by atoms with Crippen molar-refractivity contribution in [1.82, 2.24) is 25.4 Å². The van der Waals surface area contributed by atoms with Gasteiger partial charge >= 0.3 is 0 Å². The van der Waals surface area contributed by atoms with Gasteiger partial charge in [-0.1, -0.05) is 37.5 Å². The lowest BCUT2D eigenvalue weighted by Gasteiger charge is -2.24. The minimum Gasteiger partial charge on any atom is -0.357 e. The van der Waals surface area contributed by atoms with E-state index in [2.05, 4.69) is 27.8 Å². The van der Waals surface area contributed by atoms with Gasteiger partial charge < -0.3 is 10.6 Å². The average molecular weight is 454 g/mol. The molecule has 0 atom stereocenters. The maximum Gasteiger partial charge on any atom is 0.191 e. The highest BCUT2D eigenvalue weighted by atomic mass is 127. The van der Waals surface area contributed by atoms with Crippen LogP contribution >= 0.6 is 24.0 Å². The van der Waals surface area contributed by atoms with Crippen LogP contribution in [0.25, 0.3) is 5.69 Å². The van der Waals surface area contributed by atoms with Gasteiger partial charge in [0.1, 0.15) is 12.9 Å². The van der Waals surface area contributed by atoms with E-state index in [9.17, 15) is 0 Å². The number of nitrogens with zero attached hydrogens (tertiary/aromatic N) is 4. The molecule has 1 fully saturated rings. The van der Waals surface area contributed by atoms with Gasteiger partial charge in [0.05, 0.1) is 0 Å². The van der Waals surface area contributed by atoms with Gasteiger partial charge in [-0.2, -0.15) is 0 Å². The van der Waals surface area contributed by atoms with Crippen LogP contribution in [0.3, 0.4) is 0 Å². The summed E-state index contributed by atoms with van der Waals surface area (Å²) in [5, 5.41) is 15.2. The Morgan fingerprint density at radius 3 is 2.68 bits per heavy atom.